The fourth-order valence-corrected chi connectivity index (χ4v) is 4.68. The van der Waals surface area contributed by atoms with E-state index in [4.69, 9.17) is 10.5 Å². The number of pyridine rings is 1. The van der Waals surface area contributed by atoms with E-state index in [9.17, 15) is 24.5 Å². The number of hydrogen-bond donors (Lipinski definition) is 2. The van der Waals surface area contributed by atoms with E-state index in [0.29, 0.717) is 27.5 Å². The molecule has 0 spiro atoms. The summed E-state index contributed by atoms with van der Waals surface area (Å²) in [5, 5.41) is 15.8. The number of nitro benzene ring substituents is 1. The molecule has 2 aromatic heterocycles. The Morgan fingerprint density at radius 1 is 1.09 bits per heavy atom. The number of ether oxygens (including phenoxy) is 1. The maximum atomic E-state index is 12.7. The molecule has 0 fully saturated rings. The second-order valence-electron chi connectivity index (χ2n) is 7.51. The zero-order valence-electron chi connectivity index (χ0n) is 18.0. The van der Waals surface area contributed by atoms with E-state index >= 15 is 0 Å². The quantitative estimate of drug-likeness (QED) is 0.246. The molecule has 3 heterocycles. The number of benzene rings is 2. The van der Waals surface area contributed by atoms with Crippen LogP contribution in [0.25, 0.3) is 27.5 Å². The molecular weight excluding hydrogens is 474 g/mol. The summed E-state index contributed by atoms with van der Waals surface area (Å²) in [4.78, 5) is 52.2. The molecule has 0 unspecified atom stereocenters. The minimum absolute atomic E-state index is 0.0439. The van der Waals surface area contributed by atoms with Crippen LogP contribution < -0.4 is 21.3 Å². The smallest absolute Gasteiger partial charge is 0.311 e. The van der Waals surface area contributed by atoms with Gasteiger partial charge in [-0.3, -0.25) is 34.4 Å². The number of carbonyl (C=O) groups excluding carboxylic acids is 2. The Labute approximate surface area is 200 Å². The number of nitro groups is 1. The van der Waals surface area contributed by atoms with E-state index in [2.05, 4.69) is 10.3 Å². The van der Waals surface area contributed by atoms with E-state index in [1.165, 1.54) is 30.6 Å². The molecular formula is C23H15N5O6S. The van der Waals surface area contributed by atoms with Crippen molar-refractivity contribution < 1.29 is 19.2 Å². The summed E-state index contributed by atoms with van der Waals surface area (Å²) < 4.78 is 6.20. The van der Waals surface area contributed by atoms with Gasteiger partial charge in [0.25, 0.3) is 17.4 Å². The van der Waals surface area contributed by atoms with Crippen molar-refractivity contribution in [2.45, 2.75) is 0 Å². The number of hydrogen-bond acceptors (Lipinski definition) is 9. The lowest BCUT2D eigenvalue weighted by Gasteiger charge is -2.12. The maximum Gasteiger partial charge on any atom is 0.311 e. The van der Waals surface area contributed by atoms with Gasteiger partial charge in [-0.05, 0) is 24.3 Å². The molecule has 2 aromatic carbocycles. The number of nitrogens with zero attached hydrogens (tertiary/aromatic N) is 3. The van der Waals surface area contributed by atoms with Crippen LogP contribution in [0.4, 0.5) is 11.5 Å². The van der Waals surface area contributed by atoms with E-state index < -0.39 is 22.3 Å². The number of carbonyl (C=O) groups is 2. The monoisotopic (exact) mass is 489 g/mol. The van der Waals surface area contributed by atoms with E-state index in [0.717, 1.165) is 10.6 Å². The molecule has 3 N–H and O–H groups in total. The Morgan fingerprint density at radius 2 is 1.89 bits per heavy atom. The molecule has 2 amide bonds. The molecule has 12 heteroatoms. The van der Waals surface area contributed by atoms with Crippen LogP contribution in [0.3, 0.4) is 0 Å². The van der Waals surface area contributed by atoms with Crippen molar-refractivity contribution in [3.8, 4) is 33.3 Å². The number of imide groups is 1. The van der Waals surface area contributed by atoms with Crippen LogP contribution in [0.2, 0.25) is 0 Å². The topological polar surface area (TPSA) is 159 Å². The lowest BCUT2D eigenvalue weighted by molar-refractivity contribution is -0.385. The molecule has 0 saturated heterocycles. The van der Waals surface area contributed by atoms with Crippen LogP contribution in [0.15, 0.2) is 58.7 Å². The Bertz CT molecular complexity index is 1620. The van der Waals surface area contributed by atoms with Crippen LogP contribution >= 0.6 is 11.3 Å². The number of thiazole rings is 1. The van der Waals surface area contributed by atoms with Gasteiger partial charge in [-0.25, -0.2) is 4.98 Å². The summed E-state index contributed by atoms with van der Waals surface area (Å²) in [7, 11) is 1.36. The number of methoxy groups -OCH3 is 1. The van der Waals surface area contributed by atoms with Crippen molar-refractivity contribution in [1.29, 1.82) is 0 Å². The van der Waals surface area contributed by atoms with Gasteiger partial charge in [-0.1, -0.05) is 12.1 Å². The Balaban J connectivity index is 1.55. The number of aromatic nitrogens is 2. The molecule has 35 heavy (non-hydrogen) atoms. The van der Waals surface area contributed by atoms with Gasteiger partial charge in [0.15, 0.2) is 5.75 Å². The molecule has 174 valence electrons. The molecule has 0 atom stereocenters. The molecule has 1 aliphatic rings. The minimum Gasteiger partial charge on any atom is -0.490 e. The molecule has 1 aliphatic heterocycles. The first-order valence-corrected chi connectivity index (χ1v) is 11.0. The first kappa shape index (κ1) is 22.0. The summed E-state index contributed by atoms with van der Waals surface area (Å²) in [5.41, 5.74) is 7.42. The summed E-state index contributed by atoms with van der Waals surface area (Å²) in [6.45, 7) is 0. The molecule has 11 nitrogen and oxygen atoms in total. The van der Waals surface area contributed by atoms with Gasteiger partial charge in [-0.15, -0.1) is 11.3 Å². The van der Waals surface area contributed by atoms with Crippen molar-refractivity contribution in [2.75, 3.05) is 12.8 Å². The molecule has 0 radical (unpaired) electrons. The second kappa shape index (κ2) is 8.18. The lowest BCUT2D eigenvalue weighted by atomic mass is 10.1. The Hall–Kier alpha value is -4.84. The number of anilines is 1. The third-order valence-corrected chi connectivity index (χ3v) is 6.37. The number of nitrogens with two attached hydrogens (primary N) is 1. The number of amides is 2. The molecule has 4 aromatic rings. The summed E-state index contributed by atoms with van der Waals surface area (Å²) in [5.74, 6) is -1.32. The predicted molar refractivity (Wildman–Crippen MR) is 128 cm³/mol. The number of nitrogen functional groups attached to an aromatic ring is 1. The first-order chi connectivity index (χ1) is 16.8. The largest absolute Gasteiger partial charge is 0.490 e. The van der Waals surface area contributed by atoms with Gasteiger partial charge in [0.05, 0.1) is 34.5 Å². The average molecular weight is 489 g/mol. The van der Waals surface area contributed by atoms with Crippen LogP contribution in [0.1, 0.15) is 20.7 Å². The van der Waals surface area contributed by atoms with Gasteiger partial charge in [-0.2, -0.15) is 0 Å². The van der Waals surface area contributed by atoms with Gasteiger partial charge in [0, 0.05) is 28.6 Å². The number of nitrogens with one attached hydrogen (secondary N) is 1. The number of rotatable bonds is 5. The van der Waals surface area contributed by atoms with Crippen LogP contribution in [-0.2, 0) is 0 Å². The highest BCUT2D eigenvalue weighted by molar-refractivity contribution is 7.13. The third kappa shape index (κ3) is 3.61. The van der Waals surface area contributed by atoms with Crippen LogP contribution in [0.5, 0.6) is 5.75 Å². The average Bonchev–Trinajstić information content (AvgIpc) is 3.44. The normalized spacial score (nSPS) is 12.4. The van der Waals surface area contributed by atoms with Crippen molar-refractivity contribution in [3.63, 3.8) is 0 Å². The van der Waals surface area contributed by atoms with E-state index in [1.54, 1.807) is 35.7 Å². The fraction of sp³-hybridized carbons (Fsp3) is 0.0435. The first-order valence-electron chi connectivity index (χ1n) is 10.1. The summed E-state index contributed by atoms with van der Waals surface area (Å²) >= 11 is 1.32. The lowest BCUT2D eigenvalue weighted by Crippen LogP contribution is -2.24. The SMILES string of the molecule is COc1ccc(-c2csc(-c3cccc(-n4c(N)c5c(cc4=O)C(=O)NC5=O)c3)n2)cc1[N+](=O)[O-]. The highest BCUT2D eigenvalue weighted by Crippen LogP contribution is 2.35. The van der Waals surface area contributed by atoms with E-state index in [1.807, 2.05) is 0 Å². The molecule has 5 rings (SSSR count). The van der Waals surface area contributed by atoms with Crippen molar-refractivity contribution in [2.24, 2.45) is 0 Å². The number of fused-ring (bicyclic) bond motifs is 1. The highest BCUT2D eigenvalue weighted by atomic mass is 32.1. The second-order valence-corrected chi connectivity index (χ2v) is 8.37. The van der Waals surface area contributed by atoms with Gasteiger partial charge >= 0.3 is 5.69 Å². The minimum atomic E-state index is -0.663. The molecule has 0 saturated carbocycles. The zero-order chi connectivity index (χ0) is 24.9. The predicted octanol–water partition coefficient (Wildman–Crippen LogP) is 3.01. The summed E-state index contributed by atoms with van der Waals surface area (Å²) in [6, 6.07) is 12.5. The van der Waals surface area contributed by atoms with Crippen molar-refractivity contribution in [1.82, 2.24) is 14.9 Å². The summed E-state index contributed by atoms with van der Waals surface area (Å²) in [6.07, 6.45) is 0. The van der Waals surface area contributed by atoms with E-state index in [-0.39, 0.29) is 28.4 Å². The molecule has 0 bridgehead atoms. The van der Waals surface area contributed by atoms with Crippen LogP contribution in [0, 0.1) is 10.1 Å². The van der Waals surface area contributed by atoms with Crippen LogP contribution in [-0.4, -0.2) is 33.4 Å². The zero-order valence-corrected chi connectivity index (χ0v) is 18.8. The molecule has 0 aliphatic carbocycles. The standard InChI is InChI=1S/C23H15N5O6S/c1-34-17-6-5-11(8-16(17)28(32)33)15-10-35-23(25-15)12-3-2-4-13(7-12)27-18(29)9-14-19(20(27)24)22(31)26-21(14)30/h2-10H,24H2,1H3,(H,26,30,31). The third-order valence-electron chi connectivity index (χ3n) is 5.48. The van der Waals surface area contributed by atoms with Gasteiger partial charge in [0.1, 0.15) is 10.8 Å². The highest BCUT2D eigenvalue weighted by Gasteiger charge is 2.31. The maximum absolute atomic E-state index is 12.7. The fourth-order valence-electron chi connectivity index (χ4n) is 3.85. The van der Waals surface area contributed by atoms with Crippen molar-refractivity contribution in [3.05, 3.63) is 85.5 Å². The van der Waals surface area contributed by atoms with Gasteiger partial charge < -0.3 is 10.5 Å². The Kier molecular flexibility index (Phi) is 5.14. The Morgan fingerprint density at radius 3 is 2.63 bits per heavy atom. The van der Waals surface area contributed by atoms with Gasteiger partial charge in [0.2, 0.25) is 0 Å². The van der Waals surface area contributed by atoms with Crippen molar-refractivity contribution >= 4 is 34.7 Å².